The fourth-order valence-corrected chi connectivity index (χ4v) is 6.51. The van der Waals surface area contributed by atoms with E-state index in [0.717, 1.165) is 44.5 Å². The molecule has 0 unspecified atom stereocenters. The molecule has 8 aromatic rings. The number of nitrogens with one attached hydrogen (secondary N) is 2. The number of nitrogens with zero attached hydrogens (tertiary/aromatic N) is 2. The van der Waals surface area contributed by atoms with E-state index in [9.17, 15) is 9.59 Å². The summed E-state index contributed by atoms with van der Waals surface area (Å²) in [4.78, 5) is 43.1. The maximum atomic E-state index is 13.5. The van der Waals surface area contributed by atoms with Gasteiger partial charge in [-0.05, 0) is 64.1 Å². The Hall–Kier alpha value is -6.40. The van der Waals surface area contributed by atoms with E-state index in [2.05, 4.69) is 22.1 Å². The third kappa shape index (κ3) is 6.08. The van der Waals surface area contributed by atoms with E-state index in [1.54, 1.807) is 0 Å². The van der Waals surface area contributed by atoms with E-state index in [-0.39, 0.29) is 11.1 Å². The number of aromatic amines is 2. The van der Waals surface area contributed by atoms with Gasteiger partial charge < -0.3 is 9.97 Å². The second-order valence-corrected chi connectivity index (χ2v) is 12.2. The Morgan fingerprint density at radius 2 is 0.755 bits per heavy atom. The van der Waals surface area contributed by atoms with Crippen LogP contribution in [0.15, 0.2) is 155 Å². The third-order valence-electron chi connectivity index (χ3n) is 8.93. The number of aryl methyl sites for hydroxylation is 2. The molecule has 0 fully saturated rings. The smallest absolute Gasteiger partial charge is 0.258 e. The van der Waals surface area contributed by atoms with Crippen LogP contribution in [-0.2, 0) is 12.8 Å². The Balaban J connectivity index is 1.13. The van der Waals surface area contributed by atoms with Crippen molar-refractivity contribution < 1.29 is 0 Å². The van der Waals surface area contributed by atoms with E-state index < -0.39 is 0 Å². The normalized spacial score (nSPS) is 11.3. The van der Waals surface area contributed by atoms with Gasteiger partial charge in [-0.1, -0.05) is 121 Å². The summed E-state index contributed by atoms with van der Waals surface area (Å²) in [7, 11) is 0. The minimum atomic E-state index is -0.172. The Bertz CT molecular complexity index is 2360. The van der Waals surface area contributed by atoms with Crippen molar-refractivity contribution in [2.45, 2.75) is 19.3 Å². The highest BCUT2D eigenvalue weighted by molar-refractivity contribution is 5.98. The molecule has 2 aromatic heterocycles. The van der Waals surface area contributed by atoms with Crippen molar-refractivity contribution in [1.82, 2.24) is 19.9 Å². The summed E-state index contributed by atoms with van der Waals surface area (Å²) in [5.74, 6) is 1.20. The zero-order valence-corrected chi connectivity index (χ0v) is 26.7. The number of aromatic nitrogens is 4. The van der Waals surface area contributed by atoms with Gasteiger partial charge in [0, 0.05) is 24.0 Å². The van der Waals surface area contributed by atoms with Crippen molar-refractivity contribution in [1.29, 1.82) is 0 Å². The quantitative estimate of drug-likeness (QED) is 0.174. The largest absolute Gasteiger partial charge is 0.310 e. The molecule has 8 rings (SSSR count). The monoisotopic (exact) mass is 636 g/mol. The molecule has 0 saturated heterocycles. The third-order valence-corrected chi connectivity index (χ3v) is 8.93. The van der Waals surface area contributed by atoms with Crippen molar-refractivity contribution in [3.63, 3.8) is 0 Å². The van der Waals surface area contributed by atoms with Gasteiger partial charge in [0.2, 0.25) is 0 Å². The lowest BCUT2D eigenvalue weighted by Gasteiger charge is -2.12. The number of hydrogen-bond donors (Lipinski definition) is 2. The zero-order valence-electron chi connectivity index (χ0n) is 26.7. The highest BCUT2D eigenvalue weighted by Crippen LogP contribution is 2.33. The molecule has 0 atom stereocenters. The second-order valence-electron chi connectivity index (χ2n) is 12.2. The van der Waals surface area contributed by atoms with Gasteiger partial charge in [0.25, 0.3) is 11.1 Å². The molecule has 0 bridgehead atoms. The molecule has 236 valence electrons. The molecule has 0 aliphatic rings. The summed E-state index contributed by atoms with van der Waals surface area (Å²) >= 11 is 0. The van der Waals surface area contributed by atoms with Crippen LogP contribution in [-0.4, -0.2) is 19.9 Å². The van der Waals surface area contributed by atoms with Crippen LogP contribution in [0.25, 0.3) is 66.3 Å². The fraction of sp³-hybridized carbons (Fsp3) is 0.0698. The van der Waals surface area contributed by atoms with E-state index in [1.165, 1.54) is 0 Å². The summed E-state index contributed by atoms with van der Waals surface area (Å²) in [6, 6.07) is 48.3. The Labute approximate surface area is 282 Å². The SMILES string of the molecule is O=c1[nH]c(CCCc2nc3c(-c4ccccc4)cc(-c4ccccc4)cc3c(=O)[nH]2)nc2c(-c3ccccc3)cc(-c3ccccc3)cc12. The average Bonchev–Trinajstić information content (AvgIpc) is 3.16. The van der Waals surface area contributed by atoms with Gasteiger partial charge in [-0.25, -0.2) is 9.97 Å². The van der Waals surface area contributed by atoms with Crippen LogP contribution < -0.4 is 11.1 Å². The molecule has 49 heavy (non-hydrogen) atoms. The van der Waals surface area contributed by atoms with Gasteiger partial charge in [-0.3, -0.25) is 9.59 Å². The Morgan fingerprint density at radius 1 is 0.408 bits per heavy atom. The van der Waals surface area contributed by atoms with Gasteiger partial charge >= 0.3 is 0 Å². The van der Waals surface area contributed by atoms with Crippen LogP contribution in [0.5, 0.6) is 0 Å². The molecule has 0 radical (unpaired) electrons. The lowest BCUT2D eigenvalue weighted by atomic mass is 9.96. The average molecular weight is 637 g/mol. The van der Waals surface area contributed by atoms with Crippen LogP contribution in [0.1, 0.15) is 18.1 Å². The van der Waals surface area contributed by atoms with Crippen LogP contribution in [0, 0.1) is 0 Å². The van der Waals surface area contributed by atoms with Crippen LogP contribution in [0.2, 0.25) is 0 Å². The van der Waals surface area contributed by atoms with E-state index in [1.807, 2.05) is 133 Å². The number of H-pyrrole nitrogens is 2. The molecule has 2 N–H and O–H groups in total. The van der Waals surface area contributed by atoms with Crippen molar-refractivity contribution in [3.8, 4) is 44.5 Å². The Morgan fingerprint density at radius 3 is 1.12 bits per heavy atom. The predicted octanol–water partition coefficient (Wildman–Crippen LogP) is 9.00. The topological polar surface area (TPSA) is 91.5 Å². The van der Waals surface area contributed by atoms with E-state index in [4.69, 9.17) is 9.97 Å². The first-order chi connectivity index (χ1) is 24.1. The standard InChI is InChI=1S/C43H32N4O2/c48-42-36-26-32(28-14-5-1-6-15-28)24-34(30-18-9-3-10-19-30)40(36)44-38(46-42)22-13-23-39-45-41-35(31-20-11-4-12-21-31)25-33(27-37(41)43(49)47-39)29-16-7-2-8-17-29/h1-12,14-21,24-27H,13,22-23H2,(H,44,46,48)(H,45,47,49). The zero-order chi connectivity index (χ0) is 33.2. The number of hydrogen-bond acceptors (Lipinski definition) is 4. The van der Waals surface area contributed by atoms with Crippen LogP contribution in [0.4, 0.5) is 0 Å². The summed E-state index contributed by atoms with van der Waals surface area (Å²) in [5, 5.41) is 1.10. The molecule has 0 aliphatic heterocycles. The van der Waals surface area contributed by atoms with E-state index in [0.29, 0.717) is 52.7 Å². The first kappa shape index (κ1) is 30.0. The minimum Gasteiger partial charge on any atom is -0.310 e. The first-order valence-corrected chi connectivity index (χ1v) is 16.5. The molecule has 0 amide bonds. The Kier molecular flexibility index (Phi) is 7.96. The molecule has 6 heteroatoms. The fourth-order valence-electron chi connectivity index (χ4n) is 6.51. The molecular weight excluding hydrogens is 604 g/mol. The van der Waals surface area contributed by atoms with Gasteiger partial charge in [-0.15, -0.1) is 0 Å². The summed E-state index contributed by atoms with van der Waals surface area (Å²) in [6.45, 7) is 0. The lowest BCUT2D eigenvalue weighted by molar-refractivity contribution is 0.740. The molecule has 0 aliphatic carbocycles. The highest BCUT2D eigenvalue weighted by Gasteiger charge is 2.16. The molecule has 2 heterocycles. The van der Waals surface area contributed by atoms with Crippen molar-refractivity contribution in [3.05, 3.63) is 178 Å². The molecule has 0 saturated carbocycles. The summed E-state index contributed by atoms with van der Waals surface area (Å²) in [6.07, 6.45) is 1.66. The van der Waals surface area contributed by atoms with E-state index >= 15 is 0 Å². The van der Waals surface area contributed by atoms with Crippen LogP contribution in [0.3, 0.4) is 0 Å². The van der Waals surface area contributed by atoms with Gasteiger partial charge in [0.05, 0.1) is 21.8 Å². The van der Waals surface area contributed by atoms with Crippen molar-refractivity contribution in [2.75, 3.05) is 0 Å². The first-order valence-electron chi connectivity index (χ1n) is 16.5. The molecule has 0 spiro atoms. The highest BCUT2D eigenvalue weighted by atomic mass is 16.1. The predicted molar refractivity (Wildman–Crippen MR) is 198 cm³/mol. The second kappa shape index (κ2) is 13.0. The maximum Gasteiger partial charge on any atom is 0.258 e. The number of rotatable bonds is 8. The van der Waals surface area contributed by atoms with Crippen molar-refractivity contribution >= 4 is 21.8 Å². The number of fused-ring (bicyclic) bond motifs is 2. The number of benzene rings is 6. The van der Waals surface area contributed by atoms with Crippen molar-refractivity contribution in [2.24, 2.45) is 0 Å². The summed E-state index contributed by atoms with van der Waals surface area (Å²) in [5.41, 5.74) is 8.81. The van der Waals surface area contributed by atoms with Gasteiger partial charge in [0.15, 0.2) is 0 Å². The molecule has 6 nitrogen and oxygen atoms in total. The maximum absolute atomic E-state index is 13.5. The van der Waals surface area contributed by atoms with Gasteiger partial charge in [-0.2, -0.15) is 0 Å². The lowest BCUT2D eigenvalue weighted by Crippen LogP contribution is -2.15. The molecular formula is C43H32N4O2. The minimum absolute atomic E-state index is 0.172. The molecule has 6 aromatic carbocycles. The summed E-state index contributed by atoms with van der Waals surface area (Å²) < 4.78 is 0. The van der Waals surface area contributed by atoms with Crippen LogP contribution >= 0.6 is 0 Å². The van der Waals surface area contributed by atoms with Gasteiger partial charge in [0.1, 0.15) is 11.6 Å².